The average Bonchev–Trinajstić information content (AvgIpc) is 2.71. The lowest BCUT2D eigenvalue weighted by molar-refractivity contribution is 0.0730. The number of fused-ring (bicyclic) bond motifs is 2. The normalized spacial score (nSPS) is 16.8. The largest absolute Gasteiger partial charge is 0.390 e. The van der Waals surface area contributed by atoms with Gasteiger partial charge in [-0.1, -0.05) is 36.4 Å². The quantitative estimate of drug-likeness (QED) is 0.577. The molecule has 1 aliphatic rings. The minimum Gasteiger partial charge on any atom is -0.390 e. The Morgan fingerprint density at radius 3 is 2.59 bits per heavy atom. The lowest BCUT2D eigenvalue weighted by atomic mass is 10.00. The highest BCUT2D eigenvalue weighted by Crippen LogP contribution is 2.18. The van der Waals surface area contributed by atoms with Crippen LogP contribution in [-0.2, 0) is 13.0 Å². The van der Waals surface area contributed by atoms with Gasteiger partial charge in [-0.2, -0.15) is 0 Å². The summed E-state index contributed by atoms with van der Waals surface area (Å²) in [5.74, 6) is 0. The van der Waals surface area contributed by atoms with E-state index in [9.17, 15) is 10.2 Å². The second-order valence-corrected chi connectivity index (χ2v) is 7.00. The molecule has 0 bridgehead atoms. The first-order chi connectivity index (χ1) is 13.2. The highest BCUT2D eigenvalue weighted by molar-refractivity contribution is 5.73. The van der Waals surface area contributed by atoms with E-state index >= 15 is 0 Å². The van der Waals surface area contributed by atoms with Gasteiger partial charge < -0.3 is 10.2 Å². The summed E-state index contributed by atoms with van der Waals surface area (Å²) in [6.45, 7) is 2.64. The molecule has 1 unspecified atom stereocenters. The molecule has 6 nitrogen and oxygen atoms in total. The molecule has 2 atom stereocenters. The van der Waals surface area contributed by atoms with Crippen LogP contribution in [0.1, 0.15) is 23.0 Å². The Morgan fingerprint density at radius 2 is 1.74 bits per heavy atom. The smallest absolute Gasteiger partial charge is 0.149 e. The van der Waals surface area contributed by atoms with Gasteiger partial charge in [0, 0.05) is 26.2 Å². The molecule has 2 heterocycles. The summed E-state index contributed by atoms with van der Waals surface area (Å²) in [6.07, 6.45) is 1.04. The number of para-hydroxylation sites is 2. The molecule has 6 heteroatoms. The number of β-amino-alcohol motifs (C(OH)–C–C–N with tert-alkyl or cyclic N) is 1. The Labute approximate surface area is 158 Å². The summed E-state index contributed by atoms with van der Waals surface area (Å²) in [7, 11) is 0. The summed E-state index contributed by atoms with van der Waals surface area (Å²) in [6, 6.07) is 16.0. The van der Waals surface area contributed by atoms with Gasteiger partial charge in [-0.25, -0.2) is 4.98 Å². The number of aliphatic hydroxyl groups is 2. The van der Waals surface area contributed by atoms with E-state index in [0.29, 0.717) is 12.2 Å². The van der Waals surface area contributed by atoms with Gasteiger partial charge in [0.15, 0.2) is 0 Å². The molecule has 2 aromatic carbocycles. The van der Waals surface area contributed by atoms with Gasteiger partial charge in [-0.15, -0.1) is 0 Å². The molecule has 0 saturated heterocycles. The molecular weight excluding hydrogens is 340 g/mol. The minimum atomic E-state index is -0.959. The van der Waals surface area contributed by atoms with Crippen LogP contribution in [0, 0.1) is 0 Å². The SMILES string of the molecule is OC(NC[C@H](O)CN1CCc2ccccc2C1)c1cnc2ccccc2n1. The van der Waals surface area contributed by atoms with E-state index in [1.807, 2.05) is 24.3 Å². The number of aliphatic hydroxyl groups excluding tert-OH is 2. The third-order valence-electron chi connectivity index (χ3n) is 4.97. The van der Waals surface area contributed by atoms with Crippen molar-refractivity contribution in [2.24, 2.45) is 0 Å². The summed E-state index contributed by atoms with van der Waals surface area (Å²) in [5.41, 5.74) is 4.71. The molecule has 0 saturated carbocycles. The van der Waals surface area contributed by atoms with Crippen molar-refractivity contribution in [3.63, 3.8) is 0 Å². The first-order valence-electron chi connectivity index (χ1n) is 9.29. The molecule has 3 N–H and O–H groups in total. The summed E-state index contributed by atoms with van der Waals surface area (Å²) >= 11 is 0. The van der Waals surface area contributed by atoms with E-state index in [-0.39, 0.29) is 6.54 Å². The Kier molecular flexibility index (Phi) is 5.40. The molecule has 0 aliphatic carbocycles. The monoisotopic (exact) mass is 364 g/mol. The Morgan fingerprint density at radius 1 is 1.00 bits per heavy atom. The zero-order chi connectivity index (χ0) is 18.6. The van der Waals surface area contributed by atoms with E-state index in [1.54, 1.807) is 6.20 Å². The van der Waals surface area contributed by atoms with Crippen molar-refractivity contribution in [1.82, 2.24) is 20.2 Å². The molecule has 0 radical (unpaired) electrons. The molecular formula is C21H24N4O2. The van der Waals surface area contributed by atoms with Crippen molar-refractivity contribution in [3.05, 3.63) is 71.5 Å². The molecule has 0 spiro atoms. The van der Waals surface area contributed by atoms with Crippen molar-refractivity contribution in [2.45, 2.75) is 25.3 Å². The molecule has 140 valence electrons. The van der Waals surface area contributed by atoms with Crippen molar-refractivity contribution >= 4 is 11.0 Å². The van der Waals surface area contributed by atoms with Gasteiger partial charge in [0.05, 0.1) is 23.3 Å². The van der Waals surface area contributed by atoms with Crippen LogP contribution in [-0.4, -0.2) is 50.8 Å². The van der Waals surface area contributed by atoms with Crippen LogP contribution in [0.4, 0.5) is 0 Å². The van der Waals surface area contributed by atoms with Crippen molar-refractivity contribution < 1.29 is 10.2 Å². The second-order valence-electron chi connectivity index (χ2n) is 7.00. The van der Waals surface area contributed by atoms with Crippen LogP contribution in [0.3, 0.4) is 0 Å². The van der Waals surface area contributed by atoms with Gasteiger partial charge in [0.25, 0.3) is 0 Å². The molecule has 4 rings (SSSR count). The number of aromatic nitrogens is 2. The number of hydrogen-bond donors (Lipinski definition) is 3. The molecule has 27 heavy (non-hydrogen) atoms. The number of nitrogens with one attached hydrogen (secondary N) is 1. The zero-order valence-corrected chi connectivity index (χ0v) is 15.1. The Balaban J connectivity index is 1.30. The average molecular weight is 364 g/mol. The zero-order valence-electron chi connectivity index (χ0n) is 15.1. The highest BCUT2D eigenvalue weighted by Gasteiger charge is 2.19. The first-order valence-corrected chi connectivity index (χ1v) is 9.29. The predicted molar refractivity (Wildman–Crippen MR) is 104 cm³/mol. The highest BCUT2D eigenvalue weighted by atomic mass is 16.3. The van der Waals surface area contributed by atoms with Gasteiger partial charge in [-0.3, -0.25) is 15.2 Å². The molecule has 1 aromatic heterocycles. The van der Waals surface area contributed by atoms with Crippen molar-refractivity contribution in [1.29, 1.82) is 0 Å². The lowest BCUT2D eigenvalue weighted by Gasteiger charge is -2.30. The van der Waals surface area contributed by atoms with Crippen LogP contribution < -0.4 is 5.32 Å². The fourth-order valence-corrected chi connectivity index (χ4v) is 3.53. The maximum atomic E-state index is 10.4. The van der Waals surface area contributed by atoms with Gasteiger partial charge in [0.1, 0.15) is 11.9 Å². The van der Waals surface area contributed by atoms with E-state index < -0.39 is 12.3 Å². The third kappa shape index (κ3) is 4.31. The van der Waals surface area contributed by atoms with Gasteiger partial charge in [0.2, 0.25) is 0 Å². The first kappa shape index (κ1) is 18.0. The maximum Gasteiger partial charge on any atom is 0.149 e. The summed E-state index contributed by atoms with van der Waals surface area (Å²) in [5, 5.41) is 23.6. The molecule has 3 aromatic rings. The molecule has 1 aliphatic heterocycles. The molecule has 0 amide bonds. The maximum absolute atomic E-state index is 10.4. The number of nitrogens with zero attached hydrogens (tertiary/aromatic N) is 3. The van der Waals surface area contributed by atoms with Crippen LogP contribution in [0.15, 0.2) is 54.7 Å². The van der Waals surface area contributed by atoms with Crippen LogP contribution in [0.25, 0.3) is 11.0 Å². The van der Waals surface area contributed by atoms with Crippen LogP contribution >= 0.6 is 0 Å². The van der Waals surface area contributed by atoms with Gasteiger partial charge in [-0.05, 0) is 29.7 Å². The summed E-state index contributed by atoms with van der Waals surface area (Å²) < 4.78 is 0. The standard InChI is InChI=1S/C21H24N4O2/c26-17(14-25-10-9-15-5-1-2-6-16(15)13-25)11-23-21(27)20-12-22-18-7-3-4-8-19(18)24-20/h1-8,12,17,21,23,26-27H,9-11,13-14H2/t17-,21?/m0/s1. The topological polar surface area (TPSA) is 81.5 Å². The van der Waals surface area contributed by atoms with Crippen LogP contribution in [0.2, 0.25) is 0 Å². The van der Waals surface area contributed by atoms with Crippen molar-refractivity contribution in [2.75, 3.05) is 19.6 Å². The van der Waals surface area contributed by atoms with Crippen LogP contribution in [0.5, 0.6) is 0 Å². The van der Waals surface area contributed by atoms with E-state index in [0.717, 1.165) is 30.5 Å². The van der Waals surface area contributed by atoms with E-state index in [2.05, 4.69) is 44.5 Å². The minimum absolute atomic E-state index is 0.286. The Hall–Kier alpha value is -2.38. The Bertz CT molecular complexity index is 917. The number of rotatable bonds is 6. The fourth-order valence-electron chi connectivity index (χ4n) is 3.53. The predicted octanol–water partition coefficient (Wildman–Crippen LogP) is 1.63. The lowest BCUT2D eigenvalue weighted by Crippen LogP contribution is -2.41. The van der Waals surface area contributed by atoms with Gasteiger partial charge >= 0.3 is 0 Å². The summed E-state index contributed by atoms with van der Waals surface area (Å²) in [4.78, 5) is 11.0. The van der Waals surface area contributed by atoms with E-state index in [1.165, 1.54) is 11.1 Å². The fraction of sp³-hybridized carbons (Fsp3) is 0.333. The third-order valence-corrected chi connectivity index (χ3v) is 4.97. The number of benzene rings is 2. The second kappa shape index (κ2) is 8.10. The molecule has 0 fully saturated rings. The van der Waals surface area contributed by atoms with Crippen molar-refractivity contribution in [3.8, 4) is 0 Å². The number of hydrogen-bond acceptors (Lipinski definition) is 6. The van der Waals surface area contributed by atoms with E-state index in [4.69, 9.17) is 0 Å².